The lowest BCUT2D eigenvalue weighted by Gasteiger charge is -2.15. The summed E-state index contributed by atoms with van der Waals surface area (Å²) < 4.78 is 5.24. The first-order chi connectivity index (χ1) is 10.1. The summed E-state index contributed by atoms with van der Waals surface area (Å²) in [7, 11) is 0. The summed E-state index contributed by atoms with van der Waals surface area (Å²) in [6, 6.07) is 0. The van der Waals surface area contributed by atoms with E-state index < -0.39 is 12.1 Å². The van der Waals surface area contributed by atoms with E-state index in [9.17, 15) is 9.59 Å². The first-order valence-corrected chi connectivity index (χ1v) is 8.51. The van der Waals surface area contributed by atoms with Gasteiger partial charge in [-0.2, -0.15) is 0 Å². The number of carboxylic acid groups (broad SMARTS) is 1. The molecule has 0 aliphatic carbocycles. The van der Waals surface area contributed by atoms with E-state index in [0.717, 1.165) is 19.3 Å². The molecule has 1 atom stereocenters. The Morgan fingerprint density at radius 2 is 1.48 bits per heavy atom. The molecule has 0 heterocycles. The maximum Gasteiger partial charge on any atom is 0.307 e. The summed E-state index contributed by atoms with van der Waals surface area (Å²) in [5, 5.41) is 8.77. The predicted molar refractivity (Wildman–Crippen MR) is 84.3 cm³/mol. The van der Waals surface area contributed by atoms with E-state index in [4.69, 9.17) is 9.84 Å². The molecule has 0 saturated carbocycles. The van der Waals surface area contributed by atoms with Crippen molar-refractivity contribution in [2.45, 2.75) is 97.0 Å². The SMILES string of the molecule is CCCCCCCCCCC(=O)OC(CCC)CC(=O)O. The predicted octanol–water partition coefficient (Wildman–Crippen LogP) is 4.70. The van der Waals surface area contributed by atoms with Gasteiger partial charge in [-0.15, -0.1) is 0 Å². The Balaban J connectivity index is 3.61. The highest BCUT2D eigenvalue weighted by Crippen LogP contribution is 2.12. The summed E-state index contributed by atoms with van der Waals surface area (Å²) >= 11 is 0. The van der Waals surface area contributed by atoms with Gasteiger partial charge in [-0.05, 0) is 12.8 Å². The number of hydrogen-bond acceptors (Lipinski definition) is 3. The summed E-state index contributed by atoms with van der Waals surface area (Å²) in [6.07, 6.45) is 10.8. The van der Waals surface area contributed by atoms with Crippen molar-refractivity contribution >= 4 is 11.9 Å². The van der Waals surface area contributed by atoms with E-state index in [0.29, 0.717) is 12.8 Å². The number of carbonyl (C=O) groups is 2. The number of carboxylic acids is 1. The van der Waals surface area contributed by atoms with Crippen LogP contribution in [0.3, 0.4) is 0 Å². The zero-order valence-corrected chi connectivity index (χ0v) is 13.7. The van der Waals surface area contributed by atoms with Gasteiger partial charge in [0, 0.05) is 6.42 Å². The van der Waals surface area contributed by atoms with Crippen LogP contribution in [-0.4, -0.2) is 23.1 Å². The molecule has 21 heavy (non-hydrogen) atoms. The van der Waals surface area contributed by atoms with Crippen molar-refractivity contribution in [3.63, 3.8) is 0 Å². The Labute approximate surface area is 129 Å². The Hall–Kier alpha value is -1.06. The lowest BCUT2D eigenvalue weighted by molar-refractivity contribution is -0.153. The van der Waals surface area contributed by atoms with Gasteiger partial charge in [0.05, 0.1) is 6.42 Å². The zero-order chi connectivity index (χ0) is 15.9. The smallest absolute Gasteiger partial charge is 0.307 e. The van der Waals surface area contributed by atoms with Crippen LogP contribution in [0.5, 0.6) is 0 Å². The molecule has 0 rings (SSSR count). The molecule has 0 saturated heterocycles. The maximum atomic E-state index is 11.7. The molecule has 0 bridgehead atoms. The lowest BCUT2D eigenvalue weighted by atomic mass is 10.1. The normalized spacial score (nSPS) is 12.1. The minimum absolute atomic E-state index is 0.0863. The molecular formula is C17H32O4. The van der Waals surface area contributed by atoms with Gasteiger partial charge in [-0.1, -0.05) is 65.2 Å². The van der Waals surface area contributed by atoms with E-state index in [2.05, 4.69) is 6.92 Å². The second-order valence-electron chi connectivity index (χ2n) is 5.72. The maximum absolute atomic E-state index is 11.7. The highest BCUT2D eigenvalue weighted by molar-refractivity contribution is 5.71. The number of rotatable bonds is 14. The summed E-state index contributed by atoms with van der Waals surface area (Å²) in [5.74, 6) is -1.16. The van der Waals surface area contributed by atoms with Gasteiger partial charge in [0.1, 0.15) is 6.10 Å². The fourth-order valence-electron chi connectivity index (χ4n) is 2.37. The van der Waals surface area contributed by atoms with Crippen molar-refractivity contribution < 1.29 is 19.4 Å². The molecule has 0 aromatic carbocycles. The van der Waals surface area contributed by atoms with Crippen LogP contribution in [0, 0.1) is 0 Å². The van der Waals surface area contributed by atoms with Gasteiger partial charge >= 0.3 is 11.9 Å². The lowest BCUT2D eigenvalue weighted by Crippen LogP contribution is -2.21. The fourth-order valence-corrected chi connectivity index (χ4v) is 2.37. The van der Waals surface area contributed by atoms with Crippen LogP contribution in [0.2, 0.25) is 0 Å². The molecule has 0 aromatic heterocycles. The van der Waals surface area contributed by atoms with Crippen molar-refractivity contribution in [3.8, 4) is 0 Å². The number of ether oxygens (including phenoxy) is 1. The highest BCUT2D eigenvalue weighted by atomic mass is 16.5. The average Bonchev–Trinajstić information content (AvgIpc) is 2.41. The topological polar surface area (TPSA) is 63.6 Å². The third kappa shape index (κ3) is 13.7. The molecule has 0 aliphatic heterocycles. The van der Waals surface area contributed by atoms with Crippen molar-refractivity contribution in [1.82, 2.24) is 0 Å². The van der Waals surface area contributed by atoms with Crippen molar-refractivity contribution in [3.05, 3.63) is 0 Å². The van der Waals surface area contributed by atoms with E-state index in [1.165, 1.54) is 38.5 Å². The van der Waals surface area contributed by atoms with Crippen LogP contribution in [0.25, 0.3) is 0 Å². The van der Waals surface area contributed by atoms with Crippen molar-refractivity contribution in [1.29, 1.82) is 0 Å². The first-order valence-electron chi connectivity index (χ1n) is 8.51. The number of aliphatic carboxylic acids is 1. The third-order valence-electron chi connectivity index (χ3n) is 3.55. The molecular weight excluding hydrogens is 268 g/mol. The van der Waals surface area contributed by atoms with Crippen LogP contribution in [0.1, 0.15) is 90.9 Å². The number of esters is 1. The molecule has 1 unspecified atom stereocenters. The largest absolute Gasteiger partial charge is 0.481 e. The fraction of sp³-hybridized carbons (Fsp3) is 0.882. The Kier molecular flexibility index (Phi) is 13.2. The minimum atomic E-state index is -0.909. The number of hydrogen-bond donors (Lipinski definition) is 1. The molecule has 4 heteroatoms. The molecule has 124 valence electrons. The van der Waals surface area contributed by atoms with Gasteiger partial charge in [0.15, 0.2) is 0 Å². The first kappa shape index (κ1) is 19.9. The van der Waals surface area contributed by atoms with Crippen LogP contribution in [0.15, 0.2) is 0 Å². The van der Waals surface area contributed by atoms with Crippen LogP contribution < -0.4 is 0 Å². The molecule has 0 fully saturated rings. The number of carbonyl (C=O) groups excluding carboxylic acids is 1. The van der Waals surface area contributed by atoms with Gasteiger partial charge in [-0.25, -0.2) is 0 Å². The average molecular weight is 300 g/mol. The molecule has 4 nitrogen and oxygen atoms in total. The molecule has 1 N–H and O–H groups in total. The Morgan fingerprint density at radius 1 is 0.905 bits per heavy atom. The van der Waals surface area contributed by atoms with E-state index >= 15 is 0 Å². The molecule has 0 radical (unpaired) electrons. The standard InChI is InChI=1S/C17H32O4/c1-3-5-6-7-8-9-10-11-13-17(20)21-15(12-4-2)14-16(18)19/h15H,3-14H2,1-2H3,(H,18,19). The van der Waals surface area contributed by atoms with E-state index in [-0.39, 0.29) is 12.4 Å². The summed E-state index contributed by atoms with van der Waals surface area (Å²) in [6.45, 7) is 4.17. The van der Waals surface area contributed by atoms with Crippen molar-refractivity contribution in [2.24, 2.45) is 0 Å². The monoisotopic (exact) mass is 300 g/mol. The van der Waals surface area contributed by atoms with Gasteiger partial charge < -0.3 is 9.84 Å². The molecule has 0 aliphatic rings. The Bertz CT molecular complexity index is 276. The molecule has 0 spiro atoms. The highest BCUT2D eigenvalue weighted by Gasteiger charge is 2.16. The van der Waals surface area contributed by atoms with Crippen LogP contribution in [-0.2, 0) is 14.3 Å². The van der Waals surface area contributed by atoms with Gasteiger partial charge in [0.2, 0.25) is 0 Å². The van der Waals surface area contributed by atoms with E-state index in [1.807, 2.05) is 6.92 Å². The second-order valence-corrected chi connectivity index (χ2v) is 5.72. The van der Waals surface area contributed by atoms with Crippen LogP contribution in [0.4, 0.5) is 0 Å². The molecule has 0 aromatic rings. The van der Waals surface area contributed by atoms with Crippen molar-refractivity contribution in [2.75, 3.05) is 0 Å². The minimum Gasteiger partial charge on any atom is -0.481 e. The third-order valence-corrected chi connectivity index (χ3v) is 3.55. The van der Waals surface area contributed by atoms with Gasteiger partial charge in [-0.3, -0.25) is 9.59 Å². The second kappa shape index (κ2) is 13.9. The molecule has 0 amide bonds. The van der Waals surface area contributed by atoms with Gasteiger partial charge in [0.25, 0.3) is 0 Å². The zero-order valence-electron chi connectivity index (χ0n) is 13.7. The quantitative estimate of drug-likeness (QED) is 0.373. The van der Waals surface area contributed by atoms with E-state index in [1.54, 1.807) is 0 Å². The van der Waals surface area contributed by atoms with Crippen LogP contribution >= 0.6 is 0 Å². The number of unbranched alkanes of at least 4 members (excludes halogenated alkanes) is 7. The summed E-state index contributed by atoms with van der Waals surface area (Å²) in [4.78, 5) is 22.4. The Morgan fingerprint density at radius 3 is 2.00 bits per heavy atom. The summed E-state index contributed by atoms with van der Waals surface area (Å²) in [5.41, 5.74) is 0.